The van der Waals surface area contributed by atoms with Crippen molar-refractivity contribution in [3.8, 4) is 0 Å². The molecule has 0 fully saturated rings. The van der Waals surface area contributed by atoms with E-state index in [9.17, 15) is 4.39 Å². The SMILES string of the molecule is [2H]c1c([2H])c(Cl)c([2H])c(Br)c1F. The zero-order valence-electron chi connectivity index (χ0n) is 7.13. The molecule has 0 atom stereocenters. The van der Waals surface area contributed by atoms with Crippen molar-refractivity contribution in [1.82, 2.24) is 0 Å². The molecule has 0 saturated heterocycles. The molecule has 48 valence electrons. The minimum atomic E-state index is -0.922. The van der Waals surface area contributed by atoms with E-state index in [2.05, 4.69) is 15.9 Å². The molecule has 9 heavy (non-hydrogen) atoms. The Labute approximate surface area is 70.0 Å². The predicted octanol–water partition coefficient (Wildman–Crippen LogP) is 3.24. The Bertz CT molecular complexity index is 237. The third-order valence-electron chi connectivity index (χ3n) is 0.694. The molecule has 0 aliphatic carbocycles. The molecule has 1 aromatic rings. The number of rotatable bonds is 0. The predicted molar refractivity (Wildman–Crippen MR) is 39.1 cm³/mol. The average molecular weight is 212 g/mol. The first kappa shape index (κ1) is 3.94. The van der Waals surface area contributed by atoms with Gasteiger partial charge in [-0.15, -0.1) is 0 Å². The lowest BCUT2D eigenvalue weighted by atomic mass is 10.3. The van der Waals surface area contributed by atoms with Gasteiger partial charge in [-0.1, -0.05) is 11.6 Å². The fourth-order valence-corrected chi connectivity index (χ4v) is 0.900. The van der Waals surface area contributed by atoms with E-state index >= 15 is 0 Å². The van der Waals surface area contributed by atoms with Gasteiger partial charge in [0, 0.05) is 5.02 Å². The van der Waals surface area contributed by atoms with Gasteiger partial charge in [0.15, 0.2) is 0 Å². The molecular weight excluding hydrogens is 206 g/mol. The van der Waals surface area contributed by atoms with Crippen LogP contribution in [0.3, 0.4) is 0 Å². The monoisotopic (exact) mass is 211 g/mol. The van der Waals surface area contributed by atoms with Crippen molar-refractivity contribution in [3.63, 3.8) is 0 Å². The highest BCUT2D eigenvalue weighted by Crippen LogP contribution is 2.19. The maximum absolute atomic E-state index is 12.9. The Morgan fingerprint density at radius 3 is 3.00 bits per heavy atom. The molecule has 0 N–H and O–H groups in total. The van der Waals surface area contributed by atoms with Gasteiger partial charge in [0.25, 0.3) is 0 Å². The summed E-state index contributed by atoms with van der Waals surface area (Å²) in [5.41, 5.74) is 0. The van der Waals surface area contributed by atoms with Gasteiger partial charge in [-0.25, -0.2) is 4.39 Å². The largest absolute Gasteiger partial charge is 0.206 e. The third-order valence-corrected chi connectivity index (χ3v) is 1.43. The van der Waals surface area contributed by atoms with Crippen LogP contribution in [0.25, 0.3) is 0 Å². The highest BCUT2D eigenvalue weighted by Gasteiger charge is 1.96. The Hall–Kier alpha value is -0.0800. The van der Waals surface area contributed by atoms with Gasteiger partial charge in [0.2, 0.25) is 0 Å². The van der Waals surface area contributed by atoms with Crippen molar-refractivity contribution in [1.29, 1.82) is 0 Å². The van der Waals surface area contributed by atoms with Gasteiger partial charge in [-0.3, -0.25) is 0 Å². The van der Waals surface area contributed by atoms with Crippen LogP contribution >= 0.6 is 27.5 Å². The first-order valence-corrected chi connectivity index (χ1v) is 3.24. The van der Waals surface area contributed by atoms with Gasteiger partial charge in [-0.05, 0) is 34.1 Å². The highest BCUT2D eigenvalue weighted by molar-refractivity contribution is 9.10. The zero-order valence-corrected chi connectivity index (χ0v) is 6.48. The van der Waals surface area contributed by atoms with Crippen LogP contribution in [0, 0.1) is 5.82 Å². The maximum atomic E-state index is 12.9. The highest BCUT2D eigenvalue weighted by atomic mass is 79.9. The number of benzene rings is 1. The standard InChI is InChI=1S/C6H3BrClF/c7-5-3-4(8)1-2-6(5)9/h1-3H/i1D,2D,3D. The number of hydrogen-bond acceptors (Lipinski definition) is 0. The van der Waals surface area contributed by atoms with Crippen LogP contribution in [0.2, 0.25) is 5.02 Å². The fraction of sp³-hybridized carbons (Fsp3) is 0. The molecular formula is C6H3BrClF. The van der Waals surface area contributed by atoms with E-state index < -0.39 is 17.9 Å². The first-order chi connectivity index (χ1) is 5.46. The second-order valence-corrected chi connectivity index (χ2v) is 2.49. The molecule has 0 nitrogen and oxygen atoms in total. The molecule has 0 aliphatic rings. The summed E-state index contributed by atoms with van der Waals surface area (Å²) in [7, 11) is 0. The van der Waals surface area contributed by atoms with E-state index in [0.717, 1.165) is 0 Å². The summed E-state index contributed by atoms with van der Waals surface area (Å²) >= 11 is 8.23. The van der Waals surface area contributed by atoms with Crippen LogP contribution in [0.4, 0.5) is 4.39 Å². The van der Waals surface area contributed by atoms with Crippen LogP contribution in [-0.4, -0.2) is 0 Å². The van der Waals surface area contributed by atoms with Crippen molar-refractivity contribution < 1.29 is 8.50 Å². The van der Waals surface area contributed by atoms with Gasteiger partial charge in [0.05, 0.1) is 8.58 Å². The molecule has 0 bridgehead atoms. The summed E-state index contributed by atoms with van der Waals surface area (Å²) in [5.74, 6) is -0.922. The average Bonchev–Trinajstić information content (AvgIpc) is 2.08. The van der Waals surface area contributed by atoms with Crippen LogP contribution in [0.1, 0.15) is 4.11 Å². The van der Waals surface area contributed by atoms with Gasteiger partial charge < -0.3 is 0 Å². The smallest absolute Gasteiger partial charge is 0.137 e. The molecule has 0 spiro atoms. The third kappa shape index (κ3) is 1.66. The molecule has 0 heterocycles. The van der Waals surface area contributed by atoms with Gasteiger partial charge in [0.1, 0.15) is 5.82 Å². The van der Waals surface area contributed by atoms with E-state index in [0.29, 0.717) is 0 Å². The van der Waals surface area contributed by atoms with Crippen LogP contribution < -0.4 is 0 Å². The molecule has 0 unspecified atom stereocenters. The van der Waals surface area contributed by atoms with E-state index in [1.165, 1.54) is 0 Å². The zero-order chi connectivity index (χ0) is 9.46. The van der Waals surface area contributed by atoms with Crippen LogP contribution in [0.15, 0.2) is 22.6 Å². The molecule has 3 heteroatoms. The minimum absolute atomic E-state index is 0.173. The summed E-state index contributed by atoms with van der Waals surface area (Å²) in [4.78, 5) is 0. The van der Waals surface area contributed by atoms with E-state index in [-0.39, 0.29) is 15.5 Å². The fourth-order valence-electron chi connectivity index (χ4n) is 0.347. The summed E-state index contributed by atoms with van der Waals surface area (Å²) in [5, 5.41) is -0.215. The summed E-state index contributed by atoms with van der Waals surface area (Å²) in [6.07, 6.45) is 0. The summed E-state index contributed by atoms with van der Waals surface area (Å²) < 4.78 is 34.1. The lowest BCUT2D eigenvalue weighted by Gasteiger charge is -1.91. The summed E-state index contributed by atoms with van der Waals surface area (Å²) in [6.45, 7) is 0. The number of hydrogen-bond donors (Lipinski definition) is 0. The molecule has 1 rings (SSSR count). The van der Waals surface area contributed by atoms with E-state index in [4.69, 9.17) is 15.7 Å². The Morgan fingerprint density at radius 1 is 1.67 bits per heavy atom. The van der Waals surface area contributed by atoms with Crippen molar-refractivity contribution in [2.75, 3.05) is 0 Å². The molecule has 0 saturated carbocycles. The quantitative estimate of drug-likeness (QED) is 0.579. The van der Waals surface area contributed by atoms with Crippen molar-refractivity contribution in [3.05, 3.63) is 33.4 Å². The Morgan fingerprint density at radius 2 is 2.33 bits per heavy atom. The van der Waals surface area contributed by atoms with E-state index in [1.807, 2.05) is 0 Å². The second kappa shape index (κ2) is 2.67. The number of halogens is 3. The van der Waals surface area contributed by atoms with Crippen LogP contribution in [0.5, 0.6) is 0 Å². The lowest BCUT2D eigenvalue weighted by molar-refractivity contribution is 0.621. The van der Waals surface area contributed by atoms with Crippen LogP contribution in [-0.2, 0) is 0 Å². The van der Waals surface area contributed by atoms with E-state index in [1.54, 1.807) is 0 Å². The minimum Gasteiger partial charge on any atom is -0.206 e. The lowest BCUT2D eigenvalue weighted by Crippen LogP contribution is -1.73. The van der Waals surface area contributed by atoms with Crippen molar-refractivity contribution >= 4 is 27.5 Å². The summed E-state index contributed by atoms with van der Waals surface area (Å²) in [6, 6.07) is -1.35. The molecule has 0 aromatic heterocycles. The van der Waals surface area contributed by atoms with Gasteiger partial charge in [-0.2, -0.15) is 0 Å². The topological polar surface area (TPSA) is 0 Å². The molecule has 1 aromatic carbocycles. The normalized spacial score (nSPS) is 14.3. The van der Waals surface area contributed by atoms with Crippen molar-refractivity contribution in [2.24, 2.45) is 0 Å². The first-order valence-electron chi connectivity index (χ1n) is 3.57. The van der Waals surface area contributed by atoms with Crippen molar-refractivity contribution in [2.45, 2.75) is 0 Å². The maximum Gasteiger partial charge on any atom is 0.137 e. The molecule has 0 radical (unpaired) electrons. The molecule has 0 aliphatic heterocycles. The Kier molecular flexibility index (Phi) is 1.17. The molecule has 0 amide bonds. The Balaban J connectivity index is 3.60. The van der Waals surface area contributed by atoms with Gasteiger partial charge >= 0.3 is 0 Å². The second-order valence-electron chi connectivity index (χ2n) is 1.32.